The van der Waals surface area contributed by atoms with Crippen molar-refractivity contribution in [3.8, 4) is 11.4 Å². The van der Waals surface area contributed by atoms with Crippen LogP contribution < -0.4 is 5.32 Å². The molecule has 118 valence electrons. The van der Waals surface area contributed by atoms with Crippen molar-refractivity contribution in [2.45, 2.75) is 12.6 Å². The molecule has 1 amide bonds. The zero-order valence-corrected chi connectivity index (χ0v) is 13.0. The quantitative estimate of drug-likeness (QED) is 0.710. The third kappa shape index (κ3) is 3.99. The SMILES string of the molecule is O=C(Cn1nnc(-c2ccccc2)n1)NC[C@@H](O)c1ccsc1. The molecule has 0 unspecified atom stereocenters. The number of nitrogens with zero attached hydrogens (tertiary/aromatic N) is 4. The summed E-state index contributed by atoms with van der Waals surface area (Å²) >= 11 is 1.50. The Bertz CT molecular complexity index is 757. The van der Waals surface area contributed by atoms with Crippen LogP contribution in [0.15, 0.2) is 47.2 Å². The number of rotatable bonds is 6. The number of benzene rings is 1. The summed E-state index contributed by atoms with van der Waals surface area (Å²) in [5, 5.41) is 28.3. The second-order valence-corrected chi connectivity index (χ2v) is 5.67. The standard InChI is InChI=1S/C15H15N5O2S/c21-13(12-6-7-23-10-12)8-16-14(22)9-20-18-15(17-19-20)11-4-2-1-3-5-11/h1-7,10,13,21H,8-9H2,(H,16,22)/t13-/m1/s1. The Morgan fingerprint density at radius 2 is 2.13 bits per heavy atom. The molecule has 0 aliphatic rings. The maximum atomic E-state index is 11.9. The van der Waals surface area contributed by atoms with Gasteiger partial charge in [0.05, 0.1) is 6.10 Å². The van der Waals surface area contributed by atoms with Crippen molar-refractivity contribution in [1.82, 2.24) is 25.5 Å². The van der Waals surface area contributed by atoms with Crippen molar-refractivity contribution in [1.29, 1.82) is 0 Å². The Kier molecular flexibility index (Phi) is 4.74. The lowest BCUT2D eigenvalue weighted by Crippen LogP contribution is -2.32. The highest BCUT2D eigenvalue weighted by molar-refractivity contribution is 7.07. The molecule has 1 aromatic carbocycles. The molecule has 0 spiro atoms. The molecule has 0 saturated heterocycles. The van der Waals surface area contributed by atoms with E-state index in [9.17, 15) is 9.90 Å². The molecule has 0 aliphatic carbocycles. The molecule has 3 aromatic rings. The first-order valence-electron chi connectivity index (χ1n) is 7.02. The molecule has 8 heteroatoms. The van der Waals surface area contributed by atoms with Crippen LogP contribution in [0.4, 0.5) is 0 Å². The normalized spacial score (nSPS) is 12.0. The second kappa shape index (κ2) is 7.12. The summed E-state index contributed by atoms with van der Waals surface area (Å²) in [6, 6.07) is 11.2. The Labute approximate surface area is 136 Å². The largest absolute Gasteiger partial charge is 0.387 e. The molecule has 0 radical (unpaired) electrons. The van der Waals surface area contributed by atoms with Gasteiger partial charge in [-0.25, -0.2) is 0 Å². The molecule has 1 atom stereocenters. The first-order chi connectivity index (χ1) is 11.2. The fraction of sp³-hybridized carbons (Fsp3) is 0.200. The fourth-order valence-electron chi connectivity index (χ4n) is 1.99. The maximum Gasteiger partial charge on any atom is 0.243 e. The molecular weight excluding hydrogens is 314 g/mol. The predicted octanol–water partition coefficient (Wildman–Crippen LogP) is 1.25. The number of aromatic nitrogens is 4. The average Bonchev–Trinajstić information content (AvgIpc) is 3.25. The first kappa shape index (κ1) is 15.3. The Balaban J connectivity index is 1.53. The summed E-state index contributed by atoms with van der Waals surface area (Å²) < 4.78 is 0. The monoisotopic (exact) mass is 329 g/mol. The van der Waals surface area contributed by atoms with Gasteiger partial charge in [-0.3, -0.25) is 4.79 Å². The zero-order valence-electron chi connectivity index (χ0n) is 12.2. The van der Waals surface area contributed by atoms with Crippen LogP contribution in [0, 0.1) is 0 Å². The Morgan fingerprint density at radius 1 is 1.30 bits per heavy atom. The van der Waals surface area contributed by atoms with Gasteiger partial charge in [0, 0.05) is 12.1 Å². The molecule has 2 N–H and O–H groups in total. The van der Waals surface area contributed by atoms with E-state index in [1.807, 2.05) is 47.2 Å². The van der Waals surface area contributed by atoms with Crippen molar-refractivity contribution in [2.75, 3.05) is 6.54 Å². The fourth-order valence-corrected chi connectivity index (χ4v) is 2.70. The molecule has 2 aromatic heterocycles. The van der Waals surface area contributed by atoms with E-state index >= 15 is 0 Å². The Morgan fingerprint density at radius 3 is 2.87 bits per heavy atom. The van der Waals surface area contributed by atoms with Crippen LogP contribution >= 0.6 is 11.3 Å². The summed E-state index contributed by atoms with van der Waals surface area (Å²) in [6.45, 7) is 0.103. The number of hydrogen-bond acceptors (Lipinski definition) is 6. The van der Waals surface area contributed by atoms with Crippen LogP contribution in [-0.2, 0) is 11.3 Å². The number of tetrazole rings is 1. The number of thiophene rings is 1. The molecule has 7 nitrogen and oxygen atoms in total. The molecule has 3 rings (SSSR count). The van der Waals surface area contributed by atoms with E-state index in [1.165, 1.54) is 16.1 Å². The van der Waals surface area contributed by atoms with Gasteiger partial charge in [-0.15, -0.1) is 10.2 Å². The van der Waals surface area contributed by atoms with E-state index < -0.39 is 6.10 Å². The van der Waals surface area contributed by atoms with Gasteiger partial charge in [0.25, 0.3) is 0 Å². The number of aliphatic hydroxyl groups is 1. The molecular formula is C15H15N5O2S. The molecule has 0 aliphatic heterocycles. The van der Waals surface area contributed by atoms with E-state index in [2.05, 4.69) is 20.7 Å². The van der Waals surface area contributed by atoms with E-state index in [0.717, 1.165) is 11.1 Å². The van der Waals surface area contributed by atoms with Gasteiger partial charge < -0.3 is 10.4 Å². The van der Waals surface area contributed by atoms with Crippen LogP contribution in [0.1, 0.15) is 11.7 Å². The number of carbonyl (C=O) groups is 1. The summed E-state index contributed by atoms with van der Waals surface area (Å²) in [5.41, 5.74) is 1.63. The van der Waals surface area contributed by atoms with Gasteiger partial charge in [0.15, 0.2) is 0 Å². The third-order valence-corrected chi connectivity index (χ3v) is 3.89. The minimum Gasteiger partial charge on any atom is -0.387 e. The van der Waals surface area contributed by atoms with Crippen molar-refractivity contribution in [2.24, 2.45) is 0 Å². The highest BCUT2D eigenvalue weighted by Crippen LogP contribution is 2.15. The van der Waals surface area contributed by atoms with E-state index in [4.69, 9.17) is 0 Å². The minimum absolute atomic E-state index is 0.0454. The lowest BCUT2D eigenvalue weighted by Gasteiger charge is -2.09. The van der Waals surface area contributed by atoms with Crippen LogP contribution in [0.3, 0.4) is 0 Å². The average molecular weight is 329 g/mol. The van der Waals surface area contributed by atoms with Gasteiger partial charge in [0.1, 0.15) is 6.54 Å². The summed E-state index contributed by atoms with van der Waals surface area (Å²) in [6.07, 6.45) is -0.714. The number of amides is 1. The predicted molar refractivity (Wildman–Crippen MR) is 85.5 cm³/mol. The maximum absolute atomic E-state index is 11.9. The minimum atomic E-state index is -0.714. The number of nitrogens with one attached hydrogen (secondary N) is 1. The zero-order chi connectivity index (χ0) is 16.1. The van der Waals surface area contributed by atoms with Crippen LogP contribution in [0.5, 0.6) is 0 Å². The number of aliphatic hydroxyl groups excluding tert-OH is 1. The van der Waals surface area contributed by atoms with E-state index in [0.29, 0.717) is 5.82 Å². The van der Waals surface area contributed by atoms with Crippen LogP contribution in [0.2, 0.25) is 0 Å². The van der Waals surface area contributed by atoms with Crippen molar-refractivity contribution in [3.63, 3.8) is 0 Å². The lowest BCUT2D eigenvalue weighted by molar-refractivity contribution is -0.122. The van der Waals surface area contributed by atoms with E-state index in [-0.39, 0.29) is 19.0 Å². The van der Waals surface area contributed by atoms with Gasteiger partial charge in [0.2, 0.25) is 11.7 Å². The highest BCUT2D eigenvalue weighted by atomic mass is 32.1. The third-order valence-electron chi connectivity index (χ3n) is 3.19. The van der Waals surface area contributed by atoms with Gasteiger partial charge in [-0.1, -0.05) is 30.3 Å². The molecule has 2 heterocycles. The lowest BCUT2D eigenvalue weighted by atomic mass is 10.2. The molecule has 0 fully saturated rings. The van der Waals surface area contributed by atoms with Crippen LogP contribution in [0.25, 0.3) is 11.4 Å². The van der Waals surface area contributed by atoms with Gasteiger partial charge >= 0.3 is 0 Å². The van der Waals surface area contributed by atoms with Gasteiger partial charge in [-0.2, -0.15) is 16.1 Å². The number of carbonyl (C=O) groups excluding carboxylic acids is 1. The van der Waals surface area contributed by atoms with Crippen molar-refractivity contribution < 1.29 is 9.90 Å². The Hall–Kier alpha value is -2.58. The summed E-state index contributed by atoms with van der Waals surface area (Å²) in [4.78, 5) is 13.1. The topological polar surface area (TPSA) is 92.9 Å². The summed E-state index contributed by atoms with van der Waals surface area (Å²) in [7, 11) is 0. The second-order valence-electron chi connectivity index (χ2n) is 4.89. The summed E-state index contributed by atoms with van der Waals surface area (Å²) in [5.74, 6) is 0.188. The van der Waals surface area contributed by atoms with Crippen molar-refractivity contribution in [3.05, 3.63) is 52.7 Å². The number of hydrogen-bond donors (Lipinski definition) is 2. The van der Waals surface area contributed by atoms with Crippen LogP contribution in [-0.4, -0.2) is 37.8 Å². The molecule has 0 saturated carbocycles. The molecule has 0 bridgehead atoms. The first-order valence-corrected chi connectivity index (χ1v) is 7.97. The van der Waals surface area contributed by atoms with Crippen molar-refractivity contribution >= 4 is 17.2 Å². The van der Waals surface area contributed by atoms with E-state index in [1.54, 1.807) is 0 Å². The van der Waals surface area contributed by atoms with Gasteiger partial charge in [-0.05, 0) is 27.6 Å². The smallest absolute Gasteiger partial charge is 0.243 e. The highest BCUT2D eigenvalue weighted by Gasteiger charge is 2.12. The molecule has 23 heavy (non-hydrogen) atoms.